The monoisotopic (exact) mass is 249 g/mol. The molecule has 0 aromatic heterocycles. The predicted octanol–water partition coefficient (Wildman–Crippen LogP) is 1.53. The van der Waals surface area contributed by atoms with Crippen LogP contribution in [0.5, 0.6) is 0 Å². The Morgan fingerprint density at radius 2 is 1.61 bits per heavy atom. The molecule has 3 fully saturated rings. The van der Waals surface area contributed by atoms with Crippen LogP contribution in [0.2, 0.25) is 0 Å². The fourth-order valence-corrected chi connectivity index (χ4v) is 3.76. The average Bonchev–Trinajstić information content (AvgIpc) is 3.01. The van der Waals surface area contributed by atoms with Gasteiger partial charge in [-0.15, -0.1) is 0 Å². The van der Waals surface area contributed by atoms with E-state index in [4.69, 9.17) is 0 Å². The molecule has 0 N–H and O–H groups in total. The molecule has 1 aliphatic heterocycles. The minimum atomic E-state index is -0.0446. The first-order valence-corrected chi connectivity index (χ1v) is 7.06. The van der Waals surface area contributed by atoms with Gasteiger partial charge in [-0.05, 0) is 32.1 Å². The van der Waals surface area contributed by atoms with Gasteiger partial charge < -0.3 is 0 Å². The second-order valence-corrected chi connectivity index (χ2v) is 5.82. The molecule has 0 aromatic rings. The van der Waals surface area contributed by atoms with Crippen molar-refractivity contribution < 1.29 is 14.4 Å². The van der Waals surface area contributed by atoms with Gasteiger partial charge in [0.15, 0.2) is 0 Å². The number of imide groups is 1. The summed E-state index contributed by atoms with van der Waals surface area (Å²) in [6.07, 6.45) is 6.00. The van der Waals surface area contributed by atoms with Crippen LogP contribution in [0.15, 0.2) is 0 Å². The van der Waals surface area contributed by atoms with Crippen molar-refractivity contribution in [2.75, 3.05) is 6.54 Å². The smallest absolute Gasteiger partial charge is 0.233 e. The van der Waals surface area contributed by atoms with Crippen molar-refractivity contribution in [3.05, 3.63) is 0 Å². The molecule has 2 aliphatic carbocycles. The third-order valence-corrected chi connectivity index (χ3v) is 4.81. The largest absolute Gasteiger partial charge is 0.299 e. The Kier molecular flexibility index (Phi) is 2.96. The summed E-state index contributed by atoms with van der Waals surface area (Å²) in [7, 11) is 0. The van der Waals surface area contributed by atoms with Gasteiger partial charge in [0.05, 0.1) is 11.8 Å². The summed E-state index contributed by atoms with van der Waals surface area (Å²) in [5, 5.41) is 0. The normalized spacial score (nSPS) is 35.7. The number of ketones is 1. The standard InChI is InChI=1S/C14H19NO3/c16-12-6-1-3-9(12)7-8-15-13(17)10-4-2-5-11(10)14(15)18/h9-11H,1-8H2. The van der Waals surface area contributed by atoms with Crippen molar-refractivity contribution in [3.8, 4) is 0 Å². The molecule has 0 radical (unpaired) electrons. The van der Waals surface area contributed by atoms with Gasteiger partial charge in [-0.25, -0.2) is 0 Å². The van der Waals surface area contributed by atoms with E-state index < -0.39 is 0 Å². The molecule has 0 bridgehead atoms. The van der Waals surface area contributed by atoms with Crippen molar-refractivity contribution in [3.63, 3.8) is 0 Å². The second-order valence-electron chi connectivity index (χ2n) is 5.82. The van der Waals surface area contributed by atoms with E-state index in [1.807, 2.05) is 0 Å². The molecule has 18 heavy (non-hydrogen) atoms. The third-order valence-electron chi connectivity index (χ3n) is 4.81. The summed E-state index contributed by atoms with van der Waals surface area (Å²) in [5.41, 5.74) is 0. The highest BCUT2D eigenvalue weighted by molar-refractivity contribution is 6.05. The Balaban J connectivity index is 1.61. The summed E-state index contributed by atoms with van der Waals surface area (Å²) < 4.78 is 0. The molecule has 2 amide bonds. The van der Waals surface area contributed by atoms with Crippen molar-refractivity contribution >= 4 is 17.6 Å². The Labute approximate surface area is 107 Å². The van der Waals surface area contributed by atoms with Crippen molar-refractivity contribution in [2.24, 2.45) is 17.8 Å². The molecule has 4 nitrogen and oxygen atoms in total. The van der Waals surface area contributed by atoms with Gasteiger partial charge in [0, 0.05) is 18.9 Å². The topological polar surface area (TPSA) is 54.5 Å². The van der Waals surface area contributed by atoms with E-state index in [0.29, 0.717) is 25.2 Å². The van der Waals surface area contributed by atoms with Crippen LogP contribution in [0, 0.1) is 17.8 Å². The van der Waals surface area contributed by atoms with Gasteiger partial charge in [0.2, 0.25) is 11.8 Å². The third kappa shape index (κ3) is 1.78. The predicted molar refractivity (Wildman–Crippen MR) is 64.5 cm³/mol. The zero-order chi connectivity index (χ0) is 12.7. The highest BCUT2D eigenvalue weighted by Crippen LogP contribution is 2.40. The van der Waals surface area contributed by atoms with Crippen LogP contribution in [0.1, 0.15) is 44.9 Å². The highest BCUT2D eigenvalue weighted by atomic mass is 16.2. The van der Waals surface area contributed by atoms with Crippen LogP contribution in [-0.2, 0) is 14.4 Å². The van der Waals surface area contributed by atoms with E-state index in [9.17, 15) is 14.4 Å². The number of hydrogen-bond acceptors (Lipinski definition) is 3. The molecule has 3 rings (SSSR count). The molecule has 3 unspecified atom stereocenters. The molecular formula is C14H19NO3. The number of nitrogens with zero attached hydrogens (tertiary/aromatic N) is 1. The molecule has 1 saturated heterocycles. The van der Waals surface area contributed by atoms with E-state index in [0.717, 1.165) is 32.1 Å². The van der Waals surface area contributed by atoms with Crippen LogP contribution in [0.25, 0.3) is 0 Å². The second kappa shape index (κ2) is 4.48. The Bertz CT molecular complexity index is 382. The van der Waals surface area contributed by atoms with Gasteiger partial charge in [-0.3, -0.25) is 19.3 Å². The lowest BCUT2D eigenvalue weighted by atomic mass is 10.00. The van der Waals surface area contributed by atoms with E-state index in [1.165, 1.54) is 4.90 Å². The first-order chi connectivity index (χ1) is 8.68. The molecule has 4 heteroatoms. The summed E-state index contributed by atoms with van der Waals surface area (Å²) in [6, 6.07) is 0. The minimum absolute atomic E-state index is 0.0212. The Morgan fingerprint density at radius 1 is 0.944 bits per heavy atom. The number of rotatable bonds is 3. The van der Waals surface area contributed by atoms with E-state index in [1.54, 1.807) is 0 Å². The Hall–Kier alpha value is -1.19. The SMILES string of the molecule is O=C1CCCC1CCN1C(=O)C2CCCC2C1=O. The number of carbonyl (C=O) groups is 3. The molecule has 98 valence electrons. The van der Waals surface area contributed by atoms with Gasteiger partial charge in [0.1, 0.15) is 5.78 Å². The van der Waals surface area contributed by atoms with Crippen LogP contribution in [-0.4, -0.2) is 29.0 Å². The first-order valence-electron chi connectivity index (χ1n) is 7.06. The van der Waals surface area contributed by atoms with Crippen LogP contribution in [0.4, 0.5) is 0 Å². The molecule has 0 spiro atoms. The minimum Gasteiger partial charge on any atom is -0.299 e. The van der Waals surface area contributed by atoms with Crippen LogP contribution in [0.3, 0.4) is 0 Å². The van der Waals surface area contributed by atoms with Crippen molar-refractivity contribution in [1.82, 2.24) is 4.90 Å². The number of likely N-dealkylation sites (tertiary alicyclic amines) is 1. The maximum Gasteiger partial charge on any atom is 0.233 e. The fourth-order valence-electron chi connectivity index (χ4n) is 3.76. The van der Waals surface area contributed by atoms with Crippen LogP contribution < -0.4 is 0 Å². The number of carbonyl (C=O) groups excluding carboxylic acids is 3. The average molecular weight is 249 g/mol. The van der Waals surface area contributed by atoms with E-state index in [-0.39, 0.29) is 29.6 Å². The lowest BCUT2D eigenvalue weighted by Crippen LogP contribution is -2.34. The molecule has 2 saturated carbocycles. The van der Waals surface area contributed by atoms with E-state index >= 15 is 0 Å². The zero-order valence-electron chi connectivity index (χ0n) is 10.6. The summed E-state index contributed by atoms with van der Waals surface area (Å²) >= 11 is 0. The summed E-state index contributed by atoms with van der Waals surface area (Å²) in [4.78, 5) is 37.2. The number of fused-ring (bicyclic) bond motifs is 1. The zero-order valence-corrected chi connectivity index (χ0v) is 10.6. The quantitative estimate of drug-likeness (QED) is 0.713. The van der Waals surface area contributed by atoms with Crippen molar-refractivity contribution in [2.45, 2.75) is 44.9 Å². The lowest BCUT2D eigenvalue weighted by molar-refractivity contribution is -0.141. The summed E-state index contributed by atoms with van der Waals surface area (Å²) in [6.45, 7) is 0.459. The van der Waals surface area contributed by atoms with Gasteiger partial charge >= 0.3 is 0 Å². The van der Waals surface area contributed by atoms with Gasteiger partial charge in [-0.1, -0.05) is 6.42 Å². The Morgan fingerprint density at radius 3 is 2.17 bits per heavy atom. The number of amides is 2. The van der Waals surface area contributed by atoms with E-state index in [2.05, 4.69) is 0 Å². The summed E-state index contributed by atoms with van der Waals surface area (Å²) in [5.74, 6) is 0.356. The van der Waals surface area contributed by atoms with Crippen molar-refractivity contribution in [1.29, 1.82) is 0 Å². The lowest BCUT2D eigenvalue weighted by Gasteiger charge is -2.17. The maximum atomic E-state index is 12.1. The molecule has 0 aromatic carbocycles. The van der Waals surface area contributed by atoms with Gasteiger partial charge in [0.25, 0.3) is 0 Å². The van der Waals surface area contributed by atoms with Crippen LogP contribution >= 0.6 is 0 Å². The molecule has 3 atom stereocenters. The molecule has 1 heterocycles. The van der Waals surface area contributed by atoms with Gasteiger partial charge in [-0.2, -0.15) is 0 Å². The maximum absolute atomic E-state index is 12.1. The number of hydrogen-bond donors (Lipinski definition) is 0. The molecular weight excluding hydrogens is 230 g/mol. The molecule has 3 aliphatic rings. The number of Topliss-reactive ketones (excluding diaryl/α,β-unsaturated/α-hetero) is 1. The fraction of sp³-hybridized carbons (Fsp3) is 0.786. The first kappa shape index (κ1) is 11.9. The highest BCUT2D eigenvalue weighted by Gasteiger charge is 2.49.